The summed E-state index contributed by atoms with van der Waals surface area (Å²) in [7, 11) is 3.78. The van der Waals surface area contributed by atoms with Crippen LogP contribution in [0.15, 0.2) is 0 Å². The fourth-order valence-electron chi connectivity index (χ4n) is 2.61. The number of hydrogen-bond donors (Lipinski definition) is 1. The minimum Gasteiger partial charge on any atom is -0.382 e. The maximum absolute atomic E-state index is 12.6. The molecule has 2 heterocycles. The number of likely N-dealkylation sites (N-methyl/N-ethyl adjacent to an activating group) is 1. The second-order valence-electron chi connectivity index (χ2n) is 5.48. The highest BCUT2D eigenvalue weighted by Gasteiger charge is 2.32. The number of thiazole rings is 1. The quantitative estimate of drug-likeness (QED) is 0.898. The number of ether oxygens (including phenoxy) is 1. The molecular formula is C14H24N4O2S. The lowest BCUT2D eigenvalue weighted by Crippen LogP contribution is -2.40. The molecule has 1 amide bonds. The van der Waals surface area contributed by atoms with Crippen molar-refractivity contribution in [3.8, 4) is 0 Å². The Hall–Kier alpha value is -1.34. The zero-order chi connectivity index (χ0) is 15.6. The number of nitrogens with two attached hydrogens (primary N) is 1. The van der Waals surface area contributed by atoms with Crippen LogP contribution in [-0.4, -0.2) is 55.2 Å². The van der Waals surface area contributed by atoms with E-state index in [0.29, 0.717) is 17.3 Å². The van der Waals surface area contributed by atoms with Gasteiger partial charge in [0.05, 0.1) is 12.1 Å². The molecule has 2 N–H and O–H groups in total. The van der Waals surface area contributed by atoms with Gasteiger partial charge in [0, 0.05) is 27.2 Å². The molecule has 1 aliphatic heterocycles. The third kappa shape index (κ3) is 3.29. The smallest absolute Gasteiger partial charge is 0.267 e. The summed E-state index contributed by atoms with van der Waals surface area (Å²) in [6, 6.07) is 0.107. The van der Waals surface area contributed by atoms with Crippen LogP contribution in [-0.2, 0) is 4.74 Å². The number of nitrogen functional groups attached to an aromatic ring is 1. The Morgan fingerprint density at radius 2 is 2.24 bits per heavy atom. The molecule has 7 heteroatoms. The summed E-state index contributed by atoms with van der Waals surface area (Å²) < 4.78 is 5.53. The molecule has 1 fully saturated rings. The molecule has 1 aliphatic rings. The van der Waals surface area contributed by atoms with Crippen molar-refractivity contribution in [3.63, 3.8) is 0 Å². The number of rotatable bonds is 5. The number of carbonyl (C=O) groups is 1. The first-order chi connectivity index (χ1) is 9.95. The first-order valence-electron chi connectivity index (χ1n) is 7.31. The van der Waals surface area contributed by atoms with Gasteiger partial charge < -0.3 is 20.3 Å². The molecule has 0 spiro atoms. The minimum atomic E-state index is -0.0662. The third-order valence-corrected chi connectivity index (χ3v) is 5.05. The van der Waals surface area contributed by atoms with E-state index in [1.165, 1.54) is 11.3 Å². The van der Waals surface area contributed by atoms with E-state index in [2.05, 4.69) is 11.9 Å². The Labute approximate surface area is 129 Å². The highest BCUT2D eigenvalue weighted by atomic mass is 32.1. The van der Waals surface area contributed by atoms with Crippen LogP contribution < -0.4 is 10.6 Å². The number of aromatic nitrogens is 1. The van der Waals surface area contributed by atoms with E-state index < -0.39 is 0 Å². The molecule has 6 nitrogen and oxygen atoms in total. The summed E-state index contributed by atoms with van der Waals surface area (Å²) in [6.45, 7) is 5.70. The van der Waals surface area contributed by atoms with Gasteiger partial charge in [0.2, 0.25) is 0 Å². The van der Waals surface area contributed by atoms with Crippen molar-refractivity contribution in [3.05, 3.63) is 4.88 Å². The molecule has 0 saturated carbocycles. The van der Waals surface area contributed by atoms with Gasteiger partial charge in [-0.05, 0) is 19.8 Å². The van der Waals surface area contributed by atoms with E-state index in [4.69, 9.17) is 10.5 Å². The number of hydrogen-bond acceptors (Lipinski definition) is 6. The molecule has 2 atom stereocenters. The summed E-state index contributed by atoms with van der Waals surface area (Å²) in [6.07, 6.45) is 1.95. The molecule has 1 saturated heterocycles. The molecule has 0 aromatic carbocycles. The van der Waals surface area contributed by atoms with Gasteiger partial charge in [-0.3, -0.25) is 4.79 Å². The third-order valence-electron chi connectivity index (χ3n) is 3.88. The lowest BCUT2D eigenvalue weighted by molar-refractivity contribution is 0.0579. The lowest BCUT2D eigenvalue weighted by Gasteiger charge is -2.26. The largest absolute Gasteiger partial charge is 0.382 e. The van der Waals surface area contributed by atoms with Gasteiger partial charge in [0.25, 0.3) is 5.91 Å². The van der Waals surface area contributed by atoms with Gasteiger partial charge in [-0.2, -0.15) is 0 Å². The topological polar surface area (TPSA) is 71.7 Å². The Morgan fingerprint density at radius 3 is 2.81 bits per heavy atom. The monoisotopic (exact) mass is 312 g/mol. The van der Waals surface area contributed by atoms with E-state index in [1.54, 1.807) is 4.90 Å². The van der Waals surface area contributed by atoms with E-state index >= 15 is 0 Å². The van der Waals surface area contributed by atoms with Crippen LogP contribution in [0.4, 0.5) is 10.9 Å². The van der Waals surface area contributed by atoms with Gasteiger partial charge in [-0.15, -0.1) is 0 Å². The van der Waals surface area contributed by atoms with Crippen molar-refractivity contribution >= 4 is 28.2 Å². The molecule has 2 unspecified atom stereocenters. The molecule has 0 radical (unpaired) electrons. The fourth-order valence-corrected chi connectivity index (χ4v) is 3.56. The van der Waals surface area contributed by atoms with E-state index in [1.807, 2.05) is 25.9 Å². The fraction of sp³-hybridized carbons (Fsp3) is 0.714. The molecular weight excluding hydrogens is 288 g/mol. The zero-order valence-electron chi connectivity index (χ0n) is 13.1. The summed E-state index contributed by atoms with van der Waals surface area (Å²) in [5.74, 6) is 0.255. The Balaban J connectivity index is 2.15. The van der Waals surface area contributed by atoms with Crippen molar-refractivity contribution < 1.29 is 9.53 Å². The van der Waals surface area contributed by atoms with E-state index in [0.717, 1.165) is 24.5 Å². The molecule has 1 aromatic heterocycles. The van der Waals surface area contributed by atoms with Gasteiger partial charge in [-0.1, -0.05) is 18.3 Å². The first kappa shape index (κ1) is 16.0. The van der Waals surface area contributed by atoms with Crippen LogP contribution in [0.1, 0.15) is 36.4 Å². The number of amides is 1. The standard InChI is InChI=1S/C14H24N4O2S/c1-5-7-17(3)14-16-12(15)11(21-14)13(19)18(4)10-6-8-20-9(10)2/h9-10H,5-8,15H2,1-4H3. The molecule has 0 bridgehead atoms. The van der Waals surface area contributed by atoms with Crippen molar-refractivity contribution in [2.75, 3.05) is 37.9 Å². The van der Waals surface area contributed by atoms with Gasteiger partial charge in [0.15, 0.2) is 5.13 Å². The highest BCUT2D eigenvalue weighted by molar-refractivity contribution is 7.18. The lowest BCUT2D eigenvalue weighted by atomic mass is 10.1. The summed E-state index contributed by atoms with van der Waals surface area (Å²) in [5.41, 5.74) is 5.94. The maximum Gasteiger partial charge on any atom is 0.267 e. The zero-order valence-corrected chi connectivity index (χ0v) is 13.9. The number of nitrogens with zero attached hydrogens (tertiary/aromatic N) is 3. The van der Waals surface area contributed by atoms with Gasteiger partial charge >= 0.3 is 0 Å². The predicted octanol–water partition coefficient (Wildman–Crippen LogP) is 1.82. The average Bonchev–Trinajstić information content (AvgIpc) is 3.03. The molecule has 1 aromatic rings. The van der Waals surface area contributed by atoms with Crippen LogP contribution in [0, 0.1) is 0 Å². The van der Waals surface area contributed by atoms with Gasteiger partial charge in [0.1, 0.15) is 10.7 Å². The van der Waals surface area contributed by atoms with Crippen LogP contribution in [0.25, 0.3) is 0 Å². The van der Waals surface area contributed by atoms with Crippen molar-refractivity contribution in [1.82, 2.24) is 9.88 Å². The van der Waals surface area contributed by atoms with E-state index in [9.17, 15) is 4.79 Å². The first-order valence-corrected chi connectivity index (χ1v) is 8.13. The average molecular weight is 312 g/mol. The predicted molar refractivity (Wildman–Crippen MR) is 86.0 cm³/mol. The minimum absolute atomic E-state index is 0.0651. The molecule has 21 heavy (non-hydrogen) atoms. The Bertz CT molecular complexity index is 505. The number of carbonyl (C=O) groups excluding carboxylic acids is 1. The summed E-state index contributed by atoms with van der Waals surface area (Å²) in [4.78, 5) is 21.2. The number of anilines is 2. The Kier molecular flexibility index (Phi) is 5.05. The molecule has 118 valence electrons. The second-order valence-corrected chi connectivity index (χ2v) is 6.46. The summed E-state index contributed by atoms with van der Waals surface area (Å²) in [5, 5.41) is 0.793. The Morgan fingerprint density at radius 1 is 1.52 bits per heavy atom. The van der Waals surface area contributed by atoms with Crippen molar-refractivity contribution in [2.45, 2.75) is 38.8 Å². The van der Waals surface area contributed by atoms with E-state index in [-0.39, 0.29) is 18.1 Å². The van der Waals surface area contributed by atoms with Crippen LogP contribution in [0.2, 0.25) is 0 Å². The van der Waals surface area contributed by atoms with Crippen molar-refractivity contribution in [1.29, 1.82) is 0 Å². The summed E-state index contributed by atoms with van der Waals surface area (Å²) >= 11 is 1.36. The SMILES string of the molecule is CCCN(C)c1nc(N)c(C(=O)N(C)C2CCOC2C)s1. The maximum atomic E-state index is 12.6. The van der Waals surface area contributed by atoms with Crippen molar-refractivity contribution in [2.24, 2.45) is 0 Å². The highest BCUT2D eigenvalue weighted by Crippen LogP contribution is 2.30. The van der Waals surface area contributed by atoms with Crippen LogP contribution in [0.3, 0.4) is 0 Å². The molecule has 2 rings (SSSR count). The normalized spacial score (nSPS) is 21.5. The van der Waals surface area contributed by atoms with Gasteiger partial charge in [-0.25, -0.2) is 4.98 Å². The van der Waals surface area contributed by atoms with Crippen LogP contribution >= 0.6 is 11.3 Å². The van der Waals surface area contributed by atoms with Crippen LogP contribution in [0.5, 0.6) is 0 Å². The second kappa shape index (κ2) is 6.62. The molecule has 0 aliphatic carbocycles.